The quantitative estimate of drug-likeness (QED) is 0.667. The molecule has 1 fully saturated rings. The summed E-state index contributed by atoms with van der Waals surface area (Å²) in [6, 6.07) is 0. The molecular weight excluding hydrogens is 198 g/mol. The van der Waals surface area contributed by atoms with E-state index in [4.69, 9.17) is 0 Å². The van der Waals surface area contributed by atoms with Gasteiger partial charge in [0.2, 0.25) is 0 Å². The highest BCUT2D eigenvalue weighted by molar-refractivity contribution is 5.89. The molecule has 1 rings (SSSR count). The van der Waals surface area contributed by atoms with Gasteiger partial charge in [-0.05, 0) is 46.2 Å². The van der Waals surface area contributed by atoms with Crippen LogP contribution in [-0.2, 0) is 4.79 Å². The van der Waals surface area contributed by atoms with Crippen molar-refractivity contribution < 1.29 is 4.79 Å². The van der Waals surface area contributed by atoms with Gasteiger partial charge in [0.05, 0.1) is 5.54 Å². The molecule has 0 saturated carbocycles. The first kappa shape index (κ1) is 13.4. The lowest BCUT2D eigenvalue weighted by Gasteiger charge is -2.42. The molecule has 1 heterocycles. The van der Waals surface area contributed by atoms with Crippen molar-refractivity contribution in [2.45, 2.75) is 58.4 Å². The number of rotatable bonds is 5. The van der Waals surface area contributed by atoms with Crippen LogP contribution in [0.25, 0.3) is 0 Å². The minimum Gasteiger partial charge on any atom is -0.297 e. The van der Waals surface area contributed by atoms with Crippen molar-refractivity contribution in [3.63, 3.8) is 0 Å². The van der Waals surface area contributed by atoms with Crippen LogP contribution >= 0.6 is 0 Å². The molecule has 0 aliphatic carbocycles. The van der Waals surface area contributed by atoms with Gasteiger partial charge in [0.1, 0.15) is 0 Å². The Labute approximate surface area is 99.7 Å². The van der Waals surface area contributed by atoms with Gasteiger partial charge in [-0.15, -0.1) is 0 Å². The Balaban J connectivity index is 2.74. The smallest absolute Gasteiger partial charge is 0.156 e. The maximum absolute atomic E-state index is 12.3. The molecule has 1 atom stereocenters. The van der Waals surface area contributed by atoms with Gasteiger partial charge < -0.3 is 0 Å². The fourth-order valence-electron chi connectivity index (χ4n) is 2.45. The summed E-state index contributed by atoms with van der Waals surface area (Å²) in [5, 5.41) is 0. The Bertz CT molecular complexity index is 266. The molecular formula is C14H25NO. The zero-order valence-electron chi connectivity index (χ0n) is 11.0. The van der Waals surface area contributed by atoms with Crippen molar-refractivity contribution in [1.29, 1.82) is 0 Å². The van der Waals surface area contributed by atoms with Crippen LogP contribution in [0.1, 0.15) is 52.9 Å². The molecule has 92 valence electrons. The summed E-state index contributed by atoms with van der Waals surface area (Å²) in [6.07, 6.45) is 5.21. The lowest BCUT2D eigenvalue weighted by atomic mass is 9.86. The van der Waals surface area contributed by atoms with Gasteiger partial charge in [0, 0.05) is 6.42 Å². The normalized spacial score (nSPS) is 21.4. The highest BCUT2D eigenvalue weighted by Crippen LogP contribution is 2.27. The Morgan fingerprint density at radius 2 is 1.88 bits per heavy atom. The first-order valence-corrected chi connectivity index (χ1v) is 6.43. The third-order valence-electron chi connectivity index (χ3n) is 3.81. The van der Waals surface area contributed by atoms with Crippen LogP contribution in [0.15, 0.2) is 12.2 Å². The molecule has 0 N–H and O–H groups in total. The van der Waals surface area contributed by atoms with E-state index >= 15 is 0 Å². The second-order valence-electron chi connectivity index (χ2n) is 5.23. The van der Waals surface area contributed by atoms with Gasteiger partial charge in [-0.3, -0.25) is 9.69 Å². The lowest BCUT2D eigenvalue weighted by Crippen LogP contribution is -2.53. The number of carbonyl (C=O) groups excluding carboxylic acids is 1. The second-order valence-corrected chi connectivity index (χ2v) is 5.23. The van der Waals surface area contributed by atoms with Crippen molar-refractivity contribution in [3.05, 3.63) is 12.2 Å². The molecule has 1 aliphatic rings. The molecule has 0 aromatic carbocycles. The standard InChI is InChI=1S/C14H25NO/c1-5-14(4,13(16)11-12(2)3)15-9-7-6-8-10-15/h2,5-11H2,1,3-4H3. The number of Topliss-reactive ketones (excluding diaryl/α,β-unsaturated/α-hetero) is 1. The average molecular weight is 223 g/mol. The summed E-state index contributed by atoms with van der Waals surface area (Å²) in [5.74, 6) is 0.337. The highest BCUT2D eigenvalue weighted by Gasteiger charge is 2.37. The van der Waals surface area contributed by atoms with E-state index in [-0.39, 0.29) is 5.54 Å². The predicted molar refractivity (Wildman–Crippen MR) is 68.6 cm³/mol. The zero-order valence-corrected chi connectivity index (χ0v) is 11.0. The van der Waals surface area contributed by atoms with Gasteiger partial charge >= 0.3 is 0 Å². The summed E-state index contributed by atoms with van der Waals surface area (Å²) in [7, 11) is 0. The molecule has 0 bridgehead atoms. The van der Waals surface area contributed by atoms with E-state index in [1.807, 2.05) is 6.92 Å². The van der Waals surface area contributed by atoms with Crippen molar-refractivity contribution in [2.24, 2.45) is 0 Å². The molecule has 1 saturated heterocycles. The molecule has 2 nitrogen and oxygen atoms in total. The van der Waals surface area contributed by atoms with Crippen LogP contribution in [0.3, 0.4) is 0 Å². The highest BCUT2D eigenvalue weighted by atomic mass is 16.1. The largest absolute Gasteiger partial charge is 0.297 e. The Morgan fingerprint density at radius 1 is 1.31 bits per heavy atom. The topological polar surface area (TPSA) is 20.3 Å². The first-order chi connectivity index (χ1) is 7.50. The first-order valence-electron chi connectivity index (χ1n) is 6.43. The number of hydrogen-bond acceptors (Lipinski definition) is 2. The second kappa shape index (κ2) is 5.62. The monoisotopic (exact) mass is 223 g/mol. The van der Waals surface area contributed by atoms with E-state index in [2.05, 4.69) is 25.3 Å². The Morgan fingerprint density at radius 3 is 2.31 bits per heavy atom. The number of allylic oxidation sites excluding steroid dienone is 1. The van der Waals surface area contributed by atoms with Crippen LogP contribution in [0.4, 0.5) is 0 Å². The molecule has 2 heteroatoms. The summed E-state index contributed by atoms with van der Waals surface area (Å²) in [5.41, 5.74) is 0.709. The predicted octanol–water partition coefficient (Wildman–Crippen LogP) is 3.18. The number of ketones is 1. The van der Waals surface area contributed by atoms with Crippen LogP contribution in [0.2, 0.25) is 0 Å². The lowest BCUT2D eigenvalue weighted by molar-refractivity contribution is -0.130. The summed E-state index contributed by atoms with van der Waals surface area (Å²) in [6.45, 7) is 12.2. The third-order valence-corrected chi connectivity index (χ3v) is 3.81. The SMILES string of the molecule is C=C(C)CC(=O)C(C)(CC)N1CCCCC1. The van der Waals surface area contributed by atoms with Crippen molar-refractivity contribution in [3.8, 4) is 0 Å². The third kappa shape index (κ3) is 2.94. The molecule has 0 radical (unpaired) electrons. The van der Waals surface area contributed by atoms with E-state index in [0.29, 0.717) is 12.2 Å². The number of hydrogen-bond donors (Lipinski definition) is 0. The minimum absolute atomic E-state index is 0.265. The van der Waals surface area contributed by atoms with E-state index in [9.17, 15) is 4.79 Å². The number of piperidine rings is 1. The molecule has 0 amide bonds. The van der Waals surface area contributed by atoms with E-state index in [0.717, 1.165) is 25.1 Å². The van der Waals surface area contributed by atoms with Crippen LogP contribution < -0.4 is 0 Å². The fourth-order valence-corrected chi connectivity index (χ4v) is 2.45. The van der Waals surface area contributed by atoms with Crippen molar-refractivity contribution >= 4 is 5.78 Å². The summed E-state index contributed by atoms with van der Waals surface area (Å²) >= 11 is 0. The van der Waals surface area contributed by atoms with Crippen LogP contribution in [0.5, 0.6) is 0 Å². The van der Waals surface area contributed by atoms with Gasteiger partial charge in [0.25, 0.3) is 0 Å². The molecule has 0 aromatic heterocycles. The minimum atomic E-state index is -0.265. The fraction of sp³-hybridized carbons (Fsp3) is 0.786. The van der Waals surface area contributed by atoms with E-state index in [1.165, 1.54) is 19.3 Å². The Hall–Kier alpha value is -0.630. The zero-order chi connectivity index (χ0) is 12.2. The van der Waals surface area contributed by atoms with Gasteiger partial charge in [-0.2, -0.15) is 0 Å². The van der Waals surface area contributed by atoms with E-state index < -0.39 is 0 Å². The maximum Gasteiger partial charge on any atom is 0.156 e. The molecule has 0 spiro atoms. The summed E-state index contributed by atoms with van der Waals surface area (Å²) < 4.78 is 0. The maximum atomic E-state index is 12.3. The van der Waals surface area contributed by atoms with Gasteiger partial charge in [-0.1, -0.05) is 25.5 Å². The van der Waals surface area contributed by atoms with E-state index in [1.54, 1.807) is 0 Å². The molecule has 16 heavy (non-hydrogen) atoms. The molecule has 0 aromatic rings. The van der Waals surface area contributed by atoms with Gasteiger partial charge in [0.15, 0.2) is 5.78 Å². The summed E-state index contributed by atoms with van der Waals surface area (Å²) in [4.78, 5) is 14.7. The molecule has 1 unspecified atom stereocenters. The van der Waals surface area contributed by atoms with Crippen LogP contribution in [0, 0.1) is 0 Å². The van der Waals surface area contributed by atoms with Crippen LogP contribution in [-0.4, -0.2) is 29.3 Å². The average Bonchev–Trinajstić information content (AvgIpc) is 2.28. The number of nitrogens with zero attached hydrogens (tertiary/aromatic N) is 1. The number of likely N-dealkylation sites (tertiary alicyclic amines) is 1. The van der Waals surface area contributed by atoms with Crippen molar-refractivity contribution in [1.82, 2.24) is 4.90 Å². The van der Waals surface area contributed by atoms with Crippen molar-refractivity contribution in [2.75, 3.05) is 13.1 Å². The Kier molecular flexibility index (Phi) is 4.72. The van der Waals surface area contributed by atoms with Gasteiger partial charge in [-0.25, -0.2) is 0 Å². The molecule has 1 aliphatic heterocycles. The number of carbonyl (C=O) groups is 1.